The van der Waals surface area contributed by atoms with Gasteiger partial charge in [-0.05, 0) is 72.3 Å². The first-order valence-electron chi connectivity index (χ1n) is 18.2. The molecule has 0 amide bonds. The number of anilines is 10. The lowest BCUT2D eigenvalue weighted by molar-refractivity contribution is 0.461. The van der Waals surface area contributed by atoms with E-state index in [9.17, 15) is 0 Å². The maximum Gasteiger partial charge on any atom is 0.243 e. The number of para-hydroxylation sites is 3. The molecule has 6 aromatic heterocycles. The van der Waals surface area contributed by atoms with Gasteiger partial charge in [0.15, 0.2) is 5.75 Å². The third kappa shape index (κ3) is 7.72. The van der Waals surface area contributed by atoms with Gasteiger partial charge in [-0.15, -0.1) is 0 Å². The molecule has 13 heteroatoms. The fraction of sp³-hybridized carbons (Fsp3) is 0.0455. The highest BCUT2D eigenvalue weighted by Gasteiger charge is 2.20. The quantitative estimate of drug-likeness (QED) is 0.117. The van der Waals surface area contributed by atoms with E-state index in [0.29, 0.717) is 5.88 Å². The average molecular weight is 766 g/mol. The molecule has 2 aromatic carbocycles. The third-order valence-corrected chi connectivity index (χ3v) is 10.4. The van der Waals surface area contributed by atoms with Gasteiger partial charge in [-0.2, -0.15) is 0 Å². The van der Waals surface area contributed by atoms with Gasteiger partial charge in [-0.1, -0.05) is 42.1 Å². The van der Waals surface area contributed by atoms with Gasteiger partial charge in [-0.3, -0.25) is 24.9 Å². The summed E-state index contributed by atoms with van der Waals surface area (Å²) in [6, 6.07) is 31.9. The van der Waals surface area contributed by atoms with Crippen LogP contribution in [-0.2, 0) is 6.42 Å². The molecule has 0 radical (unpaired) electrons. The van der Waals surface area contributed by atoms with Crippen LogP contribution in [0.4, 0.5) is 56.9 Å². The van der Waals surface area contributed by atoms with E-state index in [-0.39, 0.29) is 0 Å². The zero-order valence-electron chi connectivity index (χ0n) is 30.7. The Hall–Kier alpha value is -7.51. The second kappa shape index (κ2) is 16.1. The zero-order valence-corrected chi connectivity index (χ0v) is 31.5. The molecule has 0 saturated heterocycles. The van der Waals surface area contributed by atoms with E-state index < -0.39 is 0 Å². The van der Waals surface area contributed by atoms with Gasteiger partial charge in [0.1, 0.15) is 5.69 Å². The van der Waals surface area contributed by atoms with Gasteiger partial charge in [0.2, 0.25) is 5.88 Å². The smallest absolute Gasteiger partial charge is 0.243 e. The molecule has 0 atom stereocenters. The average Bonchev–Trinajstić information content (AvgIpc) is 3.27. The topological polar surface area (TPSA) is 138 Å². The van der Waals surface area contributed by atoms with Crippen LogP contribution in [0.1, 0.15) is 11.3 Å². The first kappa shape index (κ1) is 35.2. The van der Waals surface area contributed by atoms with Crippen molar-refractivity contribution in [2.45, 2.75) is 16.2 Å². The molecule has 278 valence electrons. The van der Waals surface area contributed by atoms with Crippen LogP contribution < -0.4 is 30.9 Å². The summed E-state index contributed by atoms with van der Waals surface area (Å²) >= 11 is 1.69. The molecule has 4 aliphatic rings. The van der Waals surface area contributed by atoms with Crippen molar-refractivity contribution >= 4 is 68.6 Å². The number of pyridine rings is 6. The van der Waals surface area contributed by atoms with Crippen molar-refractivity contribution in [1.82, 2.24) is 29.9 Å². The number of hydrogen-bond donors (Lipinski definition) is 4. The molecule has 10 heterocycles. The van der Waals surface area contributed by atoms with E-state index in [0.717, 1.165) is 78.8 Å². The summed E-state index contributed by atoms with van der Waals surface area (Å²) in [6.45, 7) is 0. The standard InChI is InChI=1S/C12H10N2.C11H10N4.C11H8N2O.C10H7N3S/c1-2-5-10-9(4-1)8-12-11(14-10)6-3-7-13-12;1-15-10-6-12-4-2-8(10)14-9-3-5-13-7-11(9)15;1-2-6-10-8(4-1)13-9-5-3-7-12-11(9)14-10;1-3-11-5-9-7(1)13-8-2-4-12-6-10(8)14-9/h1-7,14H,8H2;2-7,14H,1H3;1-7,13H;1-6,13H. The van der Waals surface area contributed by atoms with E-state index in [2.05, 4.69) is 80.3 Å². The van der Waals surface area contributed by atoms with Crippen molar-refractivity contribution < 1.29 is 4.74 Å². The van der Waals surface area contributed by atoms with Gasteiger partial charge in [0.25, 0.3) is 0 Å². The van der Waals surface area contributed by atoms with E-state index in [1.807, 2.05) is 111 Å². The molecule has 0 unspecified atom stereocenters. The van der Waals surface area contributed by atoms with Gasteiger partial charge >= 0.3 is 0 Å². The number of ether oxygens (including phenoxy) is 1. The molecular weight excluding hydrogens is 731 g/mol. The minimum absolute atomic E-state index is 0.631. The number of nitrogens with one attached hydrogen (secondary N) is 4. The number of benzene rings is 2. The van der Waals surface area contributed by atoms with Gasteiger partial charge in [0.05, 0.1) is 73.4 Å². The Bertz CT molecular complexity index is 2170. The summed E-state index contributed by atoms with van der Waals surface area (Å²) in [5.41, 5.74) is 13.2. The Labute approximate surface area is 333 Å². The fourth-order valence-electron chi connectivity index (χ4n) is 6.48. The minimum atomic E-state index is 0.631. The van der Waals surface area contributed by atoms with Crippen molar-refractivity contribution in [2.24, 2.45) is 0 Å². The van der Waals surface area contributed by atoms with Crippen LogP contribution in [0.3, 0.4) is 0 Å². The molecule has 0 aliphatic carbocycles. The molecule has 12 nitrogen and oxygen atoms in total. The summed E-state index contributed by atoms with van der Waals surface area (Å²) in [5, 5.41) is 13.3. The van der Waals surface area contributed by atoms with E-state index in [1.165, 1.54) is 11.3 Å². The summed E-state index contributed by atoms with van der Waals surface area (Å²) < 4.78 is 5.60. The van der Waals surface area contributed by atoms with E-state index >= 15 is 0 Å². The second-order valence-electron chi connectivity index (χ2n) is 13.0. The molecule has 8 aromatic rings. The maximum absolute atomic E-state index is 5.60. The Morgan fingerprint density at radius 3 is 1.74 bits per heavy atom. The van der Waals surface area contributed by atoms with Gasteiger partial charge in [-0.25, -0.2) is 4.98 Å². The first-order chi connectivity index (χ1) is 28.2. The summed E-state index contributed by atoms with van der Waals surface area (Å²) in [4.78, 5) is 29.3. The lowest BCUT2D eigenvalue weighted by atomic mass is 10.0. The van der Waals surface area contributed by atoms with Crippen LogP contribution >= 0.6 is 11.8 Å². The van der Waals surface area contributed by atoms with Gasteiger partial charge in [0, 0.05) is 68.7 Å². The van der Waals surface area contributed by atoms with Crippen LogP contribution in [0, 0.1) is 0 Å². The van der Waals surface area contributed by atoms with Crippen molar-refractivity contribution in [3.8, 4) is 11.6 Å². The number of aromatic nitrogens is 6. The van der Waals surface area contributed by atoms with Crippen molar-refractivity contribution in [1.29, 1.82) is 0 Å². The first-order valence-corrected chi connectivity index (χ1v) is 19.0. The lowest BCUT2D eigenvalue weighted by Crippen LogP contribution is -2.17. The van der Waals surface area contributed by atoms with E-state index in [1.54, 1.807) is 42.7 Å². The summed E-state index contributed by atoms with van der Waals surface area (Å²) in [5.74, 6) is 1.45. The molecular formula is C44H35N11OS. The summed E-state index contributed by atoms with van der Waals surface area (Å²) in [7, 11) is 2.02. The monoisotopic (exact) mass is 765 g/mol. The molecule has 0 bridgehead atoms. The summed E-state index contributed by atoms with van der Waals surface area (Å²) in [6.07, 6.45) is 19.1. The van der Waals surface area contributed by atoms with Crippen molar-refractivity contribution in [2.75, 3.05) is 33.2 Å². The normalized spacial score (nSPS) is 12.5. The molecule has 12 rings (SSSR count). The lowest BCUT2D eigenvalue weighted by Gasteiger charge is -2.29. The van der Waals surface area contributed by atoms with Crippen LogP contribution in [0.5, 0.6) is 11.6 Å². The molecule has 57 heavy (non-hydrogen) atoms. The highest BCUT2D eigenvalue weighted by atomic mass is 32.2. The number of nitrogens with zero attached hydrogens (tertiary/aromatic N) is 7. The predicted octanol–water partition coefficient (Wildman–Crippen LogP) is 10.6. The highest BCUT2D eigenvalue weighted by Crippen LogP contribution is 2.43. The van der Waals surface area contributed by atoms with Crippen LogP contribution in [0.25, 0.3) is 0 Å². The fourth-order valence-corrected chi connectivity index (χ4v) is 7.40. The Morgan fingerprint density at radius 2 is 1.02 bits per heavy atom. The largest absolute Gasteiger partial charge is 0.435 e. The molecule has 0 saturated carbocycles. The predicted molar refractivity (Wildman–Crippen MR) is 227 cm³/mol. The minimum Gasteiger partial charge on any atom is -0.435 e. The number of rotatable bonds is 0. The van der Waals surface area contributed by atoms with Crippen LogP contribution in [0.15, 0.2) is 169 Å². The maximum atomic E-state index is 5.60. The number of fused-ring (bicyclic) bond motifs is 8. The third-order valence-electron chi connectivity index (χ3n) is 9.32. The zero-order chi connectivity index (χ0) is 38.4. The Morgan fingerprint density at radius 1 is 0.491 bits per heavy atom. The Balaban J connectivity index is 0.0000000989. The van der Waals surface area contributed by atoms with Crippen LogP contribution in [-0.4, -0.2) is 37.0 Å². The Kier molecular flexibility index (Phi) is 9.93. The van der Waals surface area contributed by atoms with Crippen LogP contribution in [0.2, 0.25) is 0 Å². The van der Waals surface area contributed by atoms with Gasteiger partial charge < -0.3 is 30.9 Å². The SMILES string of the molecule is CN1c2cnccc2Nc2ccncc21.c1cc2c(cn1)Sc1cnccc1N2.c1ccc2c(c1)Cc1ncccc1N2.c1ccc2c(c1)Nc1cccnc1O2. The van der Waals surface area contributed by atoms with E-state index in [4.69, 9.17) is 4.74 Å². The molecule has 4 aliphatic heterocycles. The number of hydrogen-bond acceptors (Lipinski definition) is 13. The second-order valence-corrected chi connectivity index (χ2v) is 14.1. The van der Waals surface area contributed by atoms with Crippen molar-refractivity contribution in [3.63, 3.8) is 0 Å². The highest BCUT2D eigenvalue weighted by molar-refractivity contribution is 7.99. The molecule has 4 N–H and O–H groups in total. The molecule has 0 spiro atoms. The van der Waals surface area contributed by atoms with Crippen molar-refractivity contribution in [3.05, 3.63) is 170 Å². The molecule has 0 fully saturated rings.